The fourth-order valence-corrected chi connectivity index (χ4v) is 2.12. The lowest BCUT2D eigenvalue weighted by atomic mass is 10.1. The summed E-state index contributed by atoms with van der Waals surface area (Å²) in [6.45, 7) is 6.34. The number of unbranched alkanes of at least 4 members (excludes halogenated alkanes) is 8. The number of ether oxygens (including phenoxy) is 2. The van der Waals surface area contributed by atoms with E-state index in [4.69, 9.17) is 4.74 Å². The van der Waals surface area contributed by atoms with Gasteiger partial charge in [0.15, 0.2) is 0 Å². The maximum Gasteiger partial charge on any atom is 0.315 e. The van der Waals surface area contributed by atoms with Gasteiger partial charge in [0, 0.05) is 21.0 Å². The Kier molecular flexibility index (Phi) is 20.2. The first-order chi connectivity index (χ1) is 12.3. The van der Waals surface area contributed by atoms with Crippen LogP contribution in [0.1, 0.15) is 85.0 Å². The van der Waals surface area contributed by atoms with Crippen molar-refractivity contribution in [3.05, 3.63) is 0 Å². The molecule has 0 saturated carbocycles. The predicted molar refractivity (Wildman–Crippen MR) is 104 cm³/mol. The predicted octanol–water partition coefficient (Wildman–Crippen LogP) is 4.11. The molecule has 26 heavy (non-hydrogen) atoms. The highest BCUT2D eigenvalue weighted by atomic mass is 16.5. The molecule has 0 aromatic heterocycles. The molecule has 0 radical (unpaired) electrons. The minimum absolute atomic E-state index is 0.158. The molecular formula is C20H39NO5. The van der Waals surface area contributed by atoms with Crippen LogP contribution in [-0.4, -0.2) is 50.1 Å². The van der Waals surface area contributed by atoms with Crippen molar-refractivity contribution >= 4 is 17.8 Å². The summed E-state index contributed by atoms with van der Waals surface area (Å²) < 4.78 is 9.44. The average Bonchev–Trinajstić information content (AvgIpc) is 2.57. The molecule has 0 rings (SSSR count). The number of hydrogen-bond acceptors (Lipinski definition) is 5. The van der Waals surface area contributed by atoms with E-state index in [1.807, 2.05) is 0 Å². The monoisotopic (exact) mass is 373 g/mol. The summed E-state index contributed by atoms with van der Waals surface area (Å²) in [4.78, 5) is 33.4. The highest BCUT2D eigenvalue weighted by Gasteiger charge is 2.10. The summed E-state index contributed by atoms with van der Waals surface area (Å²) >= 11 is 0. The van der Waals surface area contributed by atoms with Crippen LogP contribution in [0.5, 0.6) is 0 Å². The molecule has 154 valence electrons. The van der Waals surface area contributed by atoms with Crippen LogP contribution in [0.15, 0.2) is 0 Å². The first-order valence-electron chi connectivity index (χ1n) is 9.84. The van der Waals surface area contributed by atoms with E-state index in [0.29, 0.717) is 13.2 Å². The van der Waals surface area contributed by atoms with Crippen LogP contribution in [0, 0.1) is 0 Å². The van der Waals surface area contributed by atoms with Crippen LogP contribution in [-0.2, 0) is 23.9 Å². The number of carbonyl (C=O) groups excluding carboxylic acids is 3. The second kappa shape index (κ2) is 19.7. The first kappa shape index (κ1) is 26.6. The lowest BCUT2D eigenvalue weighted by molar-refractivity contribution is -0.148. The number of rotatable bonds is 13. The molecule has 0 bridgehead atoms. The van der Waals surface area contributed by atoms with E-state index in [2.05, 4.69) is 11.7 Å². The van der Waals surface area contributed by atoms with Crippen molar-refractivity contribution in [1.82, 2.24) is 4.90 Å². The normalized spacial score (nSPS) is 9.73. The van der Waals surface area contributed by atoms with E-state index in [1.54, 1.807) is 21.0 Å². The van der Waals surface area contributed by atoms with Crippen LogP contribution >= 0.6 is 0 Å². The zero-order valence-corrected chi connectivity index (χ0v) is 17.5. The molecule has 0 atom stereocenters. The van der Waals surface area contributed by atoms with E-state index in [1.165, 1.54) is 63.2 Å². The standard InChI is InChI=1S/C13H26O2.C7H13NO3/c1-3-4-5-6-7-8-9-10-11-12-15-13(2)14;1-4-11-7(10)5-6(9)8(2)3/h3-12H2,1-2H3;4-5H2,1-3H3. The van der Waals surface area contributed by atoms with E-state index in [-0.39, 0.29) is 18.3 Å². The summed E-state index contributed by atoms with van der Waals surface area (Å²) in [5.74, 6) is -0.857. The molecule has 1 amide bonds. The molecule has 0 unspecified atom stereocenters. The Morgan fingerprint density at radius 3 is 1.69 bits per heavy atom. The molecule has 0 aromatic rings. The highest BCUT2D eigenvalue weighted by molar-refractivity contribution is 5.93. The van der Waals surface area contributed by atoms with E-state index >= 15 is 0 Å². The third kappa shape index (κ3) is 22.4. The number of esters is 2. The molecule has 6 nitrogen and oxygen atoms in total. The third-order valence-corrected chi connectivity index (χ3v) is 3.65. The van der Waals surface area contributed by atoms with Crippen LogP contribution in [0.3, 0.4) is 0 Å². The van der Waals surface area contributed by atoms with Gasteiger partial charge in [-0.05, 0) is 13.3 Å². The Balaban J connectivity index is 0. The Morgan fingerprint density at radius 2 is 1.27 bits per heavy atom. The van der Waals surface area contributed by atoms with Crippen LogP contribution < -0.4 is 0 Å². The van der Waals surface area contributed by atoms with Crippen molar-refractivity contribution in [1.29, 1.82) is 0 Å². The molecule has 0 aliphatic carbocycles. The number of nitrogens with zero attached hydrogens (tertiary/aromatic N) is 1. The van der Waals surface area contributed by atoms with Gasteiger partial charge in [0.2, 0.25) is 5.91 Å². The Morgan fingerprint density at radius 1 is 0.769 bits per heavy atom. The maximum absolute atomic E-state index is 10.9. The Bertz CT molecular complexity index is 369. The quantitative estimate of drug-likeness (QED) is 0.276. The average molecular weight is 374 g/mol. The van der Waals surface area contributed by atoms with Crippen molar-refractivity contribution in [3.63, 3.8) is 0 Å². The molecule has 0 aromatic carbocycles. The first-order valence-corrected chi connectivity index (χ1v) is 9.84. The van der Waals surface area contributed by atoms with Gasteiger partial charge in [-0.3, -0.25) is 14.4 Å². The zero-order chi connectivity index (χ0) is 20.2. The van der Waals surface area contributed by atoms with Crippen LogP contribution in [0.25, 0.3) is 0 Å². The summed E-state index contributed by atoms with van der Waals surface area (Å²) in [5.41, 5.74) is 0. The lowest BCUT2D eigenvalue weighted by Gasteiger charge is -2.08. The largest absolute Gasteiger partial charge is 0.466 e. The van der Waals surface area contributed by atoms with Crippen molar-refractivity contribution in [2.24, 2.45) is 0 Å². The molecule has 0 saturated heterocycles. The molecule has 0 spiro atoms. The second-order valence-electron chi connectivity index (χ2n) is 6.44. The Hall–Kier alpha value is -1.59. The fourth-order valence-electron chi connectivity index (χ4n) is 2.12. The van der Waals surface area contributed by atoms with Gasteiger partial charge in [0.1, 0.15) is 6.42 Å². The summed E-state index contributed by atoms with van der Waals surface area (Å²) in [6.07, 6.45) is 11.5. The zero-order valence-electron chi connectivity index (χ0n) is 17.5. The SMILES string of the molecule is CCCCCCCCCCCOC(C)=O.CCOC(=O)CC(=O)N(C)C. The van der Waals surface area contributed by atoms with Gasteiger partial charge in [-0.15, -0.1) is 0 Å². The van der Waals surface area contributed by atoms with Gasteiger partial charge in [0.05, 0.1) is 13.2 Å². The van der Waals surface area contributed by atoms with Gasteiger partial charge in [-0.2, -0.15) is 0 Å². The number of amides is 1. The summed E-state index contributed by atoms with van der Waals surface area (Å²) in [5, 5.41) is 0. The molecule has 0 aliphatic rings. The van der Waals surface area contributed by atoms with Crippen LogP contribution in [0.2, 0.25) is 0 Å². The fraction of sp³-hybridized carbons (Fsp3) is 0.850. The molecular weight excluding hydrogens is 334 g/mol. The Labute approximate surface area is 159 Å². The topological polar surface area (TPSA) is 72.9 Å². The minimum atomic E-state index is -0.466. The number of hydrogen-bond donors (Lipinski definition) is 0. The minimum Gasteiger partial charge on any atom is -0.466 e. The number of carbonyl (C=O) groups is 3. The highest BCUT2D eigenvalue weighted by Crippen LogP contribution is 2.09. The molecule has 0 aliphatic heterocycles. The smallest absolute Gasteiger partial charge is 0.315 e. The van der Waals surface area contributed by atoms with Crippen LogP contribution in [0.4, 0.5) is 0 Å². The second-order valence-corrected chi connectivity index (χ2v) is 6.44. The van der Waals surface area contributed by atoms with Crippen molar-refractivity contribution in [2.75, 3.05) is 27.3 Å². The maximum atomic E-state index is 10.9. The summed E-state index contributed by atoms with van der Waals surface area (Å²) in [7, 11) is 3.20. The van der Waals surface area contributed by atoms with Gasteiger partial charge in [-0.1, -0.05) is 58.3 Å². The summed E-state index contributed by atoms with van der Waals surface area (Å²) in [6, 6.07) is 0. The van der Waals surface area contributed by atoms with Crippen molar-refractivity contribution in [2.45, 2.75) is 85.0 Å². The van der Waals surface area contributed by atoms with Crippen molar-refractivity contribution in [3.8, 4) is 0 Å². The van der Waals surface area contributed by atoms with E-state index < -0.39 is 5.97 Å². The van der Waals surface area contributed by atoms with Gasteiger partial charge in [-0.25, -0.2) is 0 Å². The van der Waals surface area contributed by atoms with Gasteiger partial charge < -0.3 is 14.4 Å². The van der Waals surface area contributed by atoms with Gasteiger partial charge >= 0.3 is 11.9 Å². The third-order valence-electron chi connectivity index (χ3n) is 3.65. The van der Waals surface area contributed by atoms with Gasteiger partial charge in [0.25, 0.3) is 0 Å². The lowest BCUT2D eigenvalue weighted by Crippen LogP contribution is -2.25. The van der Waals surface area contributed by atoms with Crippen molar-refractivity contribution < 1.29 is 23.9 Å². The molecule has 6 heteroatoms. The molecule has 0 heterocycles. The van der Waals surface area contributed by atoms with E-state index in [9.17, 15) is 14.4 Å². The van der Waals surface area contributed by atoms with E-state index in [0.717, 1.165) is 6.42 Å². The molecule has 0 N–H and O–H groups in total. The molecule has 0 fully saturated rings.